The first kappa shape index (κ1) is 22.4. The van der Waals surface area contributed by atoms with E-state index >= 15 is 0 Å². The Kier molecular flexibility index (Phi) is 7.87. The van der Waals surface area contributed by atoms with E-state index in [2.05, 4.69) is 15.9 Å². The fourth-order valence-electron chi connectivity index (χ4n) is 3.31. The van der Waals surface area contributed by atoms with Crippen LogP contribution >= 0.6 is 23.4 Å². The van der Waals surface area contributed by atoms with Crippen LogP contribution in [0.5, 0.6) is 0 Å². The summed E-state index contributed by atoms with van der Waals surface area (Å²) in [5, 5.41) is 11.1. The number of alkyl halides is 3. The van der Waals surface area contributed by atoms with Crippen molar-refractivity contribution in [3.05, 3.63) is 64.7 Å². The molecule has 1 N–H and O–H groups in total. The smallest absolute Gasteiger partial charge is 0.391 e. The average Bonchev–Trinajstić information content (AvgIpc) is 2.68. The van der Waals surface area contributed by atoms with Gasteiger partial charge in [-0.25, -0.2) is 0 Å². The Bertz CT molecular complexity index is 780. The number of hydrogen-bond acceptors (Lipinski definition) is 4. The number of hydrogen-bond donors (Lipinski definition) is 1. The van der Waals surface area contributed by atoms with E-state index < -0.39 is 17.8 Å². The summed E-state index contributed by atoms with van der Waals surface area (Å²) in [6, 6.07) is 12.9. The molecule has 2 aromatic carbocycles. The van der Waals surface area contributed by atoms with Crippen molar-refractivity contribution in [1.29, 1.82) is 0 Å². The second-order valence-corrected chi connectivity index (χ2v) is 8.72. The topological polar surface area (TPSA) is 26.7 Å². The number of rotatable bonds is 7. The van der Waals surface area contributed by atoms with E-state index in [9.17, 15) is 18.3 Å². The summed E-state index contributed by atoms with van der Waals surface area (Å²) in [6.45, 7) is 5.03. The van der Waals surface area contributed by atoms with Crippen LogP contribution in [0.1, 0.15) is 11.1 Å². The van der Waals surface area contributed by atoms with Crippen molar-refractivity contribution in [3.8, 4) is 0 Å². The Hall–Kier alpha value is -1.25. The Morgan fingerprint density at radius 1 is 1.00 bits per heavy atom. The maximum atomic E-state index is 12.6. The number of β-amino-alcohol motifs (C(OH)–C–C–N with tert-alkyl or cyclic N) is 1. The van der Waals surface area contributed by atoms with Crippen molar-refractivity contribution >= 4 is 23.4 Å². The van der Waals surface area contributed by atoms with Crippen molar-refractivity contribution in [2.45, 2.75) is 23.7 Å². The zero-order valence-corrected chi connectivity index (χ0v) is 17.5. The molecule has 1 fully saturated rings. The molecule has 1 aliphatic rings. The monoisotopic (exact) mass is 444 g/mol. The van der Waals surface area contributed by atoms with Crippen LogP contribution in [0.3, 0.4) is 0 Å². The fraction of sp³-hybridized carbons (Fsp3) is 0.429. The molecule has 0 saturated carbocycles. The van der Waals surface area contributed by atoms with Crippen LogP contribution < -0.4 is 0 Å². The lowest BCUT2D eigenvalue weighted by atomic mass is 10.2. The van der Waals surface area contributed by atoms with Gasteiger partial charge < -0.3 is 5.11 Å². The molecule has 1 atom stereocenters. The molecule has 0 aromatic heterocycles. The minimum Gasteiger partial charge on any atom is -0.391 e. The van der Waals surface area contributed by atoms with Gasteiger partial charge in [0.2, 0.25) is 0 Å². The molecule has 1 saturated heterocycles. The summed E-state index contributed by atoms with van der Waals surface area (Å²) in [4.78, 5) is 5.32. The van der Waals surface area contributed by atoms with Crippen LogP contribution in [0.4, 0.5) is 13.2 Å². The summed E-state index contributed by atoms with van der Waals surface area (Å²) in [7, 11) is 0. The molecule has 2 aromatic rings. The lowest BCUT2D eigenvalue weighted by molar-refractivity contribution is -0.137. The Morgan fingerprint density at radius 2 is 1.66 bits per heavy atom. The summed E-state index contributed by atoms with van der Waals surface area (Å²) >= 11 is 7.41. The number of benzene rings is 2. The van der Waals surface area contributed by atoms with Crippen LogP contribution in [-0.4, -0.2) is 59.5 Å². The summed E-state index contributed by atoms with van der Waals surface area (Å²) < 4.78 is 37.8. The van der Waals surface area contributed by atoms with Gasteiger partial charge in [0.15, 0.2) is 0 Å². The molecule has 0 radical (unpaired) electrons. The third-order valence-corrected chi connectivity index (χ3v) is 6.25. The Labute approximate surface area is 178 Å². The number of nitrogens with zero attached hydrogens (tertiary/aromatic N) is 2. The molecule has 1 aliphatic heterocycles. The molecule has 29 heavy (non-hydrogen) atoms. The largest absolute Gasteiger partial charge is 0.416 e. The number of aliphatic hydroxyl groups excluding tert-OH is 1. The zero-order valence-electron chi connectivity index (χ0n) is 15.9. The molecular formula is C21H24ClF3N2OS. The molecule has 0 spiro atoms. The SMILES string of the molecule is O[C@@H](CSc1ccc(C(F)(F)F)cc1)CN1CCN(Cc2cccc(Cl)c2)CC1. The lowest BCUT2D eigenvalue weighted by Crippen LogP contribution is -2.48. The number of piperazine rings is 1. The van der Waals surface area contributed by atoms with Crippen LogP contribution in [0.25, 0.3) is 0 Å². The lowest BCUT2D eigenvalue weighted by Gasteiger charge is -2.35. The highest BCUT2D eigenvalue weighted by Gasteiger charge is 2.30. The van der Waals surface area contributed by atoms with Gasteiger partial charge >= 0.3 is 6.18 Å². The standard InChI is InChI=1S/C21H24ClF3N2OS/c22-18-3-1-2-16(12-18)13-26-8-10-27(11-9-26)14-19(28)15-29-20-6-4-17(5-7-20)21(23,24)25/h1-7,12,19,28H,8-11,13-15H2/t19-/m1/s1. The van der Waals surface area contributed by atoms with Crippen molar-refractivity contribution in [1.82, 2.24) is 9.80 Å². The van der Waals surface area contributed by atoms with Gasteiger partial charge in [-0.05, 0) is 42.0 Å². The number of halogens is 4. The van der Waals surface area contributed by atoms with Crippen LogP contribution in [0.2, 0.25) is 5.02 Å². The molecule has 3 nitrogen and oxygen atoms in total. The fourth-order valence-corrected chi connectivity index (χ4v) is 4.34. The van der Waals surface area contributed by atoms with Gasteiger partial charge in [0.25, 0.3) is 0 Å². The maximum Gasteiger partial charge on any atom is 0.416 e. The normalized spacial score (nSPS) is 17.4. The quantitative estimate of drug-likeness (QED) is 0.630. The third kappa shape index (κ3) is 7.19. The molecule has 3 rings (SSSR count). The predicted molar refractivity (Wildman–Crippen MR) is 111 cm³/mol. The highest BCUT2D eigenvalue weighted by Crippen LogP contribution is 2.30. The third-order valence-electron chi connectivity index (χ3n) is 4.85. The van der Waals surface area contributed by atoms with E-state index in [0.29, 0.717) is 12.3 Å². The van der Waals surface area contributed by atoms with Crippen LogP contribution in [0, 0.1) is 0 Å². The van der Waals surface area contributed by atoms with Crippen molar-refractivity contribution in [3.63, 3.8) is 0 Å². The molecule has 0 aliphatic carbocycles. The van der Waals surface area contributed by atoms with E-state index in [4.69, 9.17) is 11.6 Å². The van der Waals surface area contributed by atoms with E-state index in [0.717, 1.165) is 54.8 Å². The van der Waals surface area contributed by atoms with Gasteiger partial charge in [-0.3, -0.25) is 9.80 Å². The minimum atomic E-state index is -4.32. The van der Waals surface area contributed by atoms with E-state index in [-0.39, 0.29) is 0 Å². The highest BCUT2D eigenvalue weighted by molar-refractivity contribution is 7.99. The number of aliphatic hydroxyl groups is 1. The molecule has 0 amide bonds. The van der Waals surface area contributed by atoms with Crippen molar-refractivity contribution in [2.75, 3.05) is 38.5 Å². The summed E-state index contributed by atoms with van der Waals surface area (Å²) in [6.07, 6.45) is -4.85. The zero-order chi connectivity index (χ0) is 20.9. The number of thioether (sulfide) groups is 1. The van der Waals surface area contributed by atoms with Gasteiger partial charge in [-0.15, -0.1) is 11.8 Å². The minimum absolute atomic E-state index is 0.452. The Balaban J connectivity index is 1.38. The van der Waals surface area contributed by atoms with Gasteiger partial charge in [0.1, 0.15) is 0 Å². The molecule has 158 valence electrons. The second kappa shape index (κ2) is 10.2. The maximum absolute atomic E-state index is 12.6. The van der Waals surface area contributed by atoms with Gasteiger partial charge in [-0.2, -0.15) is 13.2 Å². The molecule has 8 heteroatoms. The summed E-state index contributed by atoms with van der Waals surface area (Å²) in [5.74, 6) is 0.452. The molecule has 1 heterocycles. The molecule has 0 bridgehead atoms. The Morgan fingerprint density at radius 3 is 2.28 bits per heavy atom. The summed E-state index contributed by atoms with van der Waals surface area (Å²) in [5.41, 5.74) is 0.539. The van der Waals surface area contributed by atoms with Gasteiger partial charge in [0.05, 0.1) is 11.7 Å². The highest BCUT2D eigenvalue weighted by atomic mass is 35.5. The first-order valence-electron chi connectivity index (χ1n) is 9.47. The van der Waals surface area contributed by atoms with Gasteiger partial charge in [-0.1, -0.05) is 23.7 Å². The van der Waals surface area contributed by atoms with E-state index in [1.165, 1.54) is 29.5 Å². The van der Waals surface area contributed by atoms with E-state index in [1.54, 1.807) is 0 Å². The van der Waals surface area contributed by atoms with Crippen LogP contribution in [-0.2, 0) is 12.7 Å². The second-order valence-electron chi connectivity index (χ2n) is 7.19. The molecule has 0 unspecified atom stereocenters. The first-order valence-corrected chi connectivity index (χ1v) is 10.8. The molecular weight excluding hydrogens is 421 g/mol. The van der Waals surface area contributed by atoms with Gasteiger partial charge in [0, 0.05) is 54.9 Å². The van der Waals surface area contributed by atoms with Crippen molar-refractivity contribution in [2.24, 2.45) is 0 Å². The van der Waals surface area contributed by atoms with Crippen LogP contribution in [0.15, 0.2) is 53.4 Å². The predicted octanol–water partition coefficient (Wildman–Crippen LogP) is 4.63. The van der Waals surface area contributed by atoms with Crippen molar-refractivity contribution < 1.29 is 18.3 Å². The first-order chi connectivity index (χ1) is 13.8. The average molecular weight is 445 g/mol. The van der Waals surface area contributed by atoms with E-state index in [1.807, 2.05) is 18.2 Å².